The molecule has 1 amide bonds. The third-order valence-corrected chi connectivity index (χ3v) is 5.88. The molecule has 0 heterocycles. The van der Waals surface area contributed by atoms with Crippen molar-refractivity contribution in [1.82, 2.24) is 5.32 Å². The van der Waals surface area contributed by atoms with Crippen LogP contribution in [0.1, 0.15) is 35.3 Å². The van der Waals surface area contributed by atoms with Crippen LogP contribution in [0.25, 0.3) is 0 Å². The number of amides is 1. The van der Waals surface area contributed by atoms with Crippen molar-refractivity contribution in [2.24, 2.45) is 0 Å². The lowest BCUT2D eigenvalue weighted by Crippen LogP contribution is -2.36. The zero-order valence-corrected chi connectivity index (χ0v) is 17.0. The summed E-state index contributed by atoms with van der Waals surface area (Å²) in [6, 6.07) is 9.87. The van der Waals surface area contributed by atoms with Gasteiger partial charge in [-0.1, -0.05) is 41.4 Å². The molecule has 0 unspecified atom stereocenters. The molecule has 0 spiro atoms. The highest BCUT2D eigenvalue weighted by Crippen LogP contribution is 2.32. The zero-order chi connectivity index (χ0) is 20.2. The number of hydrogen-bond donors (Lipinski definition) is 1. The van der Waals surface area contributed by atoms with Gasteiger partial charge in [0.05, 0.1) is 15.6 Å². The van der Waals surface area contributed by atoms with E-state index in [4.69, 9.17) is 23.2 Å². The van der Waals surface area contributed by atoms with Crippen LogP contribution in [0.3, 0.4) is 0 Å². The summed E-state index contributed by atoms with van der Waals surface area (Å²) >= 11 is 13.2. The largest absolute Gasteiger partial charge is 0.416 e. The van der Waals surface area contributed by atoms with Gasteiger partial charge >= 0.3 is 6.18 Å². The molecule has 2 aromatic carbocycles. The Labute approximate surface area is 170 Å². The average Bonchev–Trinajstić information content (AvgIpc) is 2.60. The van der Waals surface area contributed by atoms with Gasteiger partial charge in [0.2, 0.25) is 0 Å². The molecule has 0 aliphatic heterocycles. The standard InChI is InChI=1S/C19H18Cl2F3NOS/c1-18(2,11-25-17(26)13-6-7-15(20)16(21)9-13)27-10-12-4-3-5-14(8-12)19(22,23)24/h3-9H,10-11H2,1-2H3,(H,25,26). The van der Waals surface area contributed by atoms with Crippen molar-refractivity contribution in [1.29, 1.82) is 0 Å². The van der Waals surface area contributed by atoms with Crippen molar-refractivity contribution < 1.29 is 18.0 Å². The normalized spacial score (nSPS) is 12.1. The monoisotopic (exact) mass is 435 g/mol. The molecule has 0 aromatic heterocycles. The molecule has 0 saturated heterocycles. The summed E-state index contributed by atoms with van der Waals surface area (Å²) in [5, 5.41) is 3.48. The van der Waals surface area contributed by atoms with Gasteiger partial charge in [0, 0.05) is 22.6 Å². The first-order chi connectivity index (χ1) is 12.5. The zero-order valence-electron chi connectivity index (χ0n) is 14.7. The van der Waals surface area contributed by atoms with E-state index in [1.165, 1.54) is 23.9 Å². The molecule has 27 heavy (non-hydrogen) atoms. The molecule has 8 heteroatoms. The molecule has 146 valence electrons. The van der Waals surface area contributed by atoms with Crippen molar-refractivity contribution in [3.63, 3.8) is 0 Å². The summed E-state index contributed by atoms with van der Waals surface area (Å²) in [5.74, 6) is 0.112. The minimum Gasteiger partial charge on any atom is -0.351 e. The Hall–Kier alpha value is -1.37. The van der Waals surface area contributed by atoms with Gasteiger partial charge in [-0.25, -0.2) is 0 Å². The molecule has 2 nitrogen and oxygen atoms in total. The molecule has 0 saturated carbocycles. The van der Waals surface area contributed by atoms with Crippen molar-refractivity contribution in [3.8, 4) is 0 Å². The maximum atomic E-state index is 12.8. The van der Waals surface area contributed by atoms with E-state index in [0.717, 1.165) is 12.1 Å². The van der Waals surface area contributed by atoms with Gasteiger partial charge in [-0.05, 0) is 43.7 Å². The quantitative estimate of drug-likeness (QED) is 0.564. The van der Waals surface area contributed by atoms with E-state index in [0.29, 0.717) is 33.5 Å². The number of halogens is 5. The third-order valence-electron chi connectivity index (χ3n) is 3.74. The fraction of sp³-hybridized carbons (Fsp3) is 0.316. The van der Waals surface area contributed by atoms with Gasteiger partial charge in [0.1, 0.15) is 0 Å². The molecule has 0 aliphatic carbocycles. The van der Waals surface area contributed by atoms with E-state index in [-0.39, 0.29) is 10.7 Å². The Balaban J connectivity index is 1.93. The molecular formula is C19H18Cl2F3NOS. The highest BCUT2D eigenvalue weighted by atomic mass is 35.5. The molecular weight excluding hydrogens is 418 g/mol. The van der Waals surface area contributed by atoms with Crippen molar-refractivity contribution in [2.45, 2.75) is 30.5 Å². The van der Waals surface area contributed by atoms with Crippen LogP contribution in [0.2, 0.25) is 10.0 Å². The first-order valence-electron chi connectivity index (χ1n) is 8.01. The summed E-state index contributed by atoms with van der Waals surface area (Å²) in [5.41, 5.74) is 0.313. The van der Waals surface area contributed by atoms with Crippen LogP contribution < -0.4 is 5.32 Å². The number of thioether (sulfide) groups is 1. The Bertz CT molecular complexity index is 825. The molecule has 0 atom stereocenters. The second-order valence-electron chi connectivity index (χ2n) is 6.56. The second kappa shape index (κ2) is 8.76. The lowest BCUT2D eigenvalue weighted by Gasteiger charge is -2.24. The number of rotatable bonds is 6. The summed E-state index contributed by atoms with van der Waals surface area (Å²) in [4.78, 5) is 12.2. The van der Waals surface area contributed by atoms with Gasteiger partial charge in [0.15, 0.2) is 0 Å². The Morgan fingerprint density at radius 3 is 2.41 bits per heavy atom. The molecule has 0 aliphatic rings. The SMILES string of the molecule is CC(C)(CNC(=O)c1ccc(Cl)c(Cl)c1)SCc1cccc(C(F)(F)F)c1. The summed E-state index contributed by atoms with van der Waals surface area (Å²) in [6.07, 6.45) is -4.36. The van der Waals surface area contributed by atoms with E-state index >= 15 is 0 Å². The number of benzene rings is 2. The minimum absolute atomic E-state index is 0.290. The summed E-state index contributed by atoms with van der Waals surface area (Å²) in [6.45, 7) is 4.18. The van der Waals surface area contributed by atoms with E-state index in [9.17, 15) is 18.0 Å². The van der Waals surface area contributed by atoms with E-state index in [2.05, 4.69) is 5.32 Å². The van der Waals surface area contributed by atoms with Gasteiger partial charge in [0.25, 0.3) is 5.91 Å². The van der Waals surface area contributed by atoms with Crippen LogP contribution in [0, 0.1) is 0 Å². The lowest BCUT2D eigenvalue weighted by molar-refractivity contribution is -0.137. The van der Waals surface area contributed by atoms with Crippen LogP contribution >= 0.6 is 35.0 Å². The van der Waals surface area contributed by atoms with Crippen molar-refractivity contribution >= 4 is 40.9 Å². The van der Waals surface area contributed by atoms with Crippen LogP contribution in [0.15, 0.2) is 42.5 Å². The average molecular weight is 436 g/mol. The Morgan fingerprint density at radius 1 is 1.07 bits per heavy atom. The molecule has 0 radical (unpaired) electrons. The van der Waals surface area contributed by atoms with Gasteiger partial charge in [-0.15, -0.1) is 11.8 Å². The molecule has 0 fully saturated rings. The third kappa shape index (κ3) is 6.63. The maximum Gasteiger partial charge on any atom is 0.416 e. The smallest absolute Gasteiger partial charge is 0.351 e. The minimum atomic E-state index is -4.36. The fourth-order valence-corrected chi connectivity index (χ4v) is 3.41. The van der Waals surface area contributed by atoms with Crippen LogP contribution in [0.5, 0.6) is 0 Å². The summed E-state index contributed by atoms with van der Waals surface area (Å²) in [7, 11) is 0. The van der Waals surface area contributed by atoms with Gasteiger partial charge in [-0.2, -0.15) is 13.2 Å². The van der Waals surface area contributed by atoms with Crippen LogP contribution in [0.4, 0.5) is 13.2 Å². The van der Waals surface area contributed by atoms with Crippen LogP contribution in [-0.2, 0) is 11.9 Å². The first kappa shape index (κ1) is 21.9. The predicted molar refractivity (Wildman–Crippen MR) is 106 cm³/mol. The molecule has 1 N–H and O–H groups in total. The topological polar surface area (TPSA) is 29.1 Å². The van der Waals surface area contributed by atoms with E-state index in [1.54, 1.807) is 18.2 Å². The number of carbonyl (C=O) groups is 1. The number of nitrogens with one attached hydrogen (secondary N) is 1. The number of hydrogen-bond acceptors (Lipinski definition) is 2. The fourth-order valence-electron chi connectivity index (χ4n) is 2.20. The second-order valence-corrected chi connectivity index (χ2v) is 9.05. The lowest BCUT2D eigenvalue weighted by atomic mass is 10.1. The highest BCUT2D eigenvalue weighted by molar-refractivity contribution is 7.99. The first-order valence-corrected chi connectivity index (χ1v) is 9.75. The number of carbonyl (C=O) groups excluding carboxylic acids is 1. The molecule has 2 rings (SSSR count). The summed E-state index contributed by atoms with van der Waals surface area (Å²) < 4.78 is 38.0. The van der Waals surface area contributed by atoms with Crippen LogP contribution in [-0.4, -0.2) is 17.2 Å². The Morgan fingerprint density at radius 2 is 1.78 bits per heavy atom. The highest BCUT2D eigenvalue weighted by Gasteiger charge is 2.30. The number of alkyl halides is 3. The van der Waals surface area contributed by atoms with E-state index < -0.39 is 11.7 Å². The molecule has 2 aromatic rings. The van der Waals surface area contributed by atoms with Crippen molar-refractivity contribution in [3.05, 3.63) is 69.2 Å². The van der Waals surface area contributed by atoms with E-state index in [1.807, 2.05) is 13.8 Å². The van der Waals surface area contributed by atoms with Gasteiger partial charge in [-0.3, -0.25) is 4.79 Å². The maximum absolute atomic E-state index is 12.8. The van der Waals surface area contributed by atoms with Gasteiger partial charge < -0.3 is 5.32 Å². The van der Waals surface area contributed by atoms with Crippen molar-refractivity contribution in [2.75, 3.05) is 6.54 Å². The Kier molecular flexibility index (Phi) is 7.11. The predicted octanol–water partition coefficient (Wildman–Crippen LogP) is 6.45. The molecule has 0 bridgehead atoms.